The number of methoxy groups -OCH3 is 1. The number of carbonyl (C=O) groups excluding carboxylic acids is 1. The van der Waals surface area contributed by atoms with Crippen molar-refractivity contribution in [3.8, 4) is 5.75 Å². The number of aromatic amines is 1. The number of ether oxygens (including phenoxy) is 1. The predicted octanol–water partition coefficient (Wildman–Crippen LogP) is 2.11. The van der Waals surface area contributed by atoms with Crippen molar-refractivity contribution in [1.82, 2.24) is 20.5 Å². The van der Waals surface area contributed by atoms with Gasteiger partial charge in [0.2, 0.25) is 0 Å². The van der Waals surface area contributed by atoms with E-state index in [0.29, 0.717) is 17.2 Å². The zero-order valence-electron chi connectivity index (χ0n) is 12.6. The number of fused-ring (bicyclic) bond motifs is 1. The van der Waals surface area contributed by atoms with E-state index in [9.17, 15) is 4.79 Å². The fraction of sp³-hybridized carbons (Fsp3) is 0.267. The molecule has 2 heterocycles. The van der Waals surface area contributed by atoms with E-state index in [1.54, 1.807) is 26.2 Å². The lowest BCUT2D eigenvalue weighted by molar-refractivity contribution is 0.0923. The van der Waals surface area contributed by atoms with Crippen molar-refractivity contribution in [3.63, 3.8) is 0 Å². The number of aromatic nitrogens is 3. The standard InChI is InChI=1S/C15H16N4O3/c1-8-11-6-10(21-3)4-5-12(11)22-14(8)15(20)16-7-13-17-9(2)18-19-13/h4-6H,7H2,1-3H3,(H,16,20)(H,17,18,19). The Morgan fingerprint density at radius 3 is 2.91 bits per heavy atom. The molecule has 0 aliphatic rings. The third-order valence-corrected chi connectivity index (χ3v) is 3.40. The van der Waals surface area contributed by atoms with Gasteiger partial charge in [-0.2, -0.15) is 5.10 Å². The van der Waals surface area contributed by atoms with Gasteiger partial charge >= 0.3 is 0 Å². The van der Waals surface area contributed by atoms with Crippen LogP contribution in [0.4, 0.5) is 0 Å². The van der Waals surface area contributed by atoms with E-state index in [1.165, 1.54) is 0 Å². The number of hydrogen-bond acceptors (Lipinski definition) is 5. The highest BCUT2D eigenvalue weighted by molar-refractivity contribution is 5.99. The highest BCUT2D eigenvalue weighted by Gasteiger charge is 2.18. The van der Waals surface area contributed by atoms with Crippen molar-refractivity contribution in [2.24, 2.45) is 0 Å². The summed E-state index contributed by atoms with van der Waals surface area (Å²) in [6, 6.07) is 5.43. The van der Waals surface area contributed by atoms with E-state index in [2.05, 4.69) is 20.5 Å². The largest absolute Gasteiger partial charge is 0.497 e. The van der Waals surface area contributed by atoms with Gasteiger partial charge in [0.1, 0.15) is 17.2 Å². The predicted molar refractivity (Wildman–Crippen MR) is 79.8 cm³/mol. The number of rotatable bonds is 4. The van der Waals surface area contributed by atoms with Crippen molar-refractivity contribution in [1.29, 1.82) is 0 Å². The molecule has 0 bridgehead atoms. The topological polar surface area (TPSA) is 93.0 Å². The third kappa shape index (κ3) is 2.52. The Morgan fingerprint density at radius 2 is 2.23 bits per heavy atom. The molecule has 7 nitrogen and oxygen atoms in total. The van der Waals surface area contributed by atoms with Gasteiger partial charge in [-0.1, -0.05) is 0 Å². The number of furan rings is 1. The first-order valence-electron chi connectivity index (χ1n) is 6.81. The van der Waals surface area contributed by atoms with Gasteiger partial charge in [0.05, 0.1) is 13.7 Å². The van der Waals surface area contributed by atoms with Gasteiger partial charge in [-0.05, 0) is 32.0 Å². The molecule has 0 radical (unpaired) electrons. The average Bonchev–Trinajstić information content (AvgIpc) is 3.08. The maximum absolute atomic E-state index is 12.3. The Morgan fingerprint density at radius 1 is 1.41 bits per heavy atom. The van der Waals surface area contributed by atoms with Gasteiger partial charge in [0.25, 0.3) is 5.91 Å². The van der Waals surface area contributed by atoms with E-state index >= 15 is 0 Å². The lowest BCUT2D eigenvalue weighted by Crippen LogP contribution is -2.23. The molecule has 0 aliphatic carbocycles. The van der Waals surface area contributed by atoms with Crippen LogP contribution in [0.15, 0.2) is 22.6 Å². The maximum atomic E-state index is 12.3. The number of hydrogen-bond donors (Lipinski definition) is 2. The normalized spacial score (nSPS) is 10.9. The molecule has 1 aromatic carbocycles. The van der Waals surface area contributed by atoms with Crippen molar-refractivity contribution in [2.75, 3.05) is 7.11 Å². The van der Waals surface area contributed by atoms with Crippen molar-refractivity contribution in [2.45, 2.75) is 20.4 Å². The van der Waals surface area contributed by atoms with E-state index < -0.39 is 0 Å². The molecule has 2 aromatic heterocycles. The van der Waals surface area contributed by atoms with E-state index in [1.807, 2.05) is 13.0 Å². The van der Waals surface area contributed by atoms with Crippen LogP contribution >= 0.6 is 0 Å². The summed E-state index contributed by atoms with van der Waals surface area (Å²) in [5.74, 6) is 1.95. The van der Waals surface area contributed by atoms with Crippen LogP contribution in [-0.4, -0.2) is 28.2 Å². The summed E-state index contributed by atoms with van der Waals surface area (Å²) in [5, 5.41) is 10.3. The second-order valence-electron chi connectivity index (χ2n) is 4.94. The second kappa shape index (κ2) is 5.51. The first kappa shape index (κ1) is 14.1. The molecule has 0 aliphatic heterocycles. The van der Waals surface area contributed by atoms with Crippen molar-refractivity contribution in [3.05, 3.63) is 41.2 Å². The van der Waals surface area contributed by atoms with E-state index in [-0.39, 0.29) is 18.2 Å². The molecule has 114 valence electrons. The van der Waals surface area contributed by atoms with Crippen LogP contribution in [0.1, 0.15) is 27.8 Å². The molecule has 3 aromatic rings. The van der Waals surface area contributed by atoms with Crippen molar-refractivity contribution < 1.29 is 13.9 Å². The van der Waals surface area contributed by atoms with Crippen LogP contribution in [0.3, 0.4) is 0 Å². The van der Waals surface area contributed by atoms with Crippen LogP contribution in [0.5, 0.6) is 5.75 Å². The number of carbonyl (C=O) groups is 1. The number of amides is 1. The zero-order valence-corrected chi connectivity index (χ0v) is 12.6. The Hall–Kier alpha value is -2.83. The first-order valence-corrected chi connectivity index (χ1v) is 6.81. The summed E-state index contributed by atoms with van der Waals surface area (Å²) in [7, 11) is 1.60. The minimum Gasteiger partial charge on any atom is -0.497 e. The third-order valence-electron chi connectivity index (χ3n) is 3.40. The minimum atomic E-state index is -0.296. The average molecular weight is 300 g/mol. The lowest BCUT2D eigenvalue weighted by atomic mass is 10.1. The fourth-order valence-electron chi connectivity index (χ4n) is 2.25. The summed E-state index contributed by atoms with van der Waals surface area (Å²) in [5.41, 5.74) is 1.43. The molecule has 2 N–H and O–H groups in total. The fourth-order valence-corrected chi connectivity index (χ4v) is 2.25. The molecule has 3 rings (SSSR count). The highest BCUT2D eigenvalue weighted by atomic mass is 16.5. The summed E-state index contributed by atoms with van der Waals surface area (Å²) in [6.07, 6.45) is 0. The Balaban J connectivity index is 1.82. The molecule has 0 saturated carbocycles. The lowest BCUT2D eigenvalue weighted by Gasteiger charge is -2.00. The second-order valence-corrected chi connectivity index (χ2v) is 4.94. The number of nitrogens with zero attached hydrogens (tertiary/aromatic N) is 2. The van der Waals surface area contributed by atoms with E-state index in [4.69, 9.17) is 9.15 Å². The molecule has 0 spiro atoms. The summed E-state index contributed by atoms with van der Waals surface area (Å²) in [4.78, 5) is 16.4. The van der Waals surface area contributed by atoms with Gasteiger partial charge in [-0.25, -0.2) is 4.98 Å². The Labute approximate surface area is 126 Å². The summed E-state index contributed by atoms with van der Waals surface area (Å²) >= 11 is 0. The Kier molecular flexibility index (Phi) is 3.54. The summed E-state index contributed by atoms with van der Waals surface area (Å²) in [6.45, 7) is 3.88. The number of benzene rings is 1. The van der Waals surface area contributed by atoms with Crippen LogP contribution in [-0.2, 0) is 6.54 Å². The number of nitrogens with one attached hydrogen (secondary N) is 2. The molecule has 7 heteroatoms. The van der Waals surface area contributed by atoms with Gasteiger partial charge in [-0.3, -0.25) is 9.89 Å². The molecule has 0 saturated heterocycles. The van der Waals surface area contributed by atoms with Gasteiger partial charge in [0.15, 0.2) is 11.6 Å². The van der Waals surface area contributed by atoms with Gasteiger partial charge in [0, 0.05) is 10.9 Å². The van der Waals surface area contributed by atoms with Gasteiger partial charge < -0.3 is 14.5 Å². The number of aryl methyl sites for hydroxylation is 2. The zero-order chi connectivity index (χ0) is 15.7. The molecule has 0 atom stereocenters. The highest BCUT2D eigenvalue weighted by Crippen LogP contribution is 2.28. The van der Waals surface area contributed by atoms with Crippen LogP contribution in [0.25, 0.3) is 11.0 Å². The molecular formula is C15H16N4O3. The minimum absolute atomic E-state index is 0.239. The Bertz CT molecular complexity index is 835. The molecular weight excluding hydrogens is 284 g/mol. The maximum Gasteiger partial charge on any atom is 0.287 e. The molecule has 0 fully saturated rings. The quantitative estimate of drug-likeness (QED) is 0.769. The monoisotopic (exact) mass is 300 g/mol. The SMILES string of the molecule is COc1ccc2oc(C(=O)NCc3n[nH]c(C)n3)c(C)c2c1. The smallest absolute Gasteiger partial charge is 0.287 e. The molecule has 1 amide bonds. The van der Waals surface area contributed by atoms with E-state index in [0.717, 1.165) is 16.7 Å². The van der Waals surface area contributed by atoms with Crippen LogP contribution in [0.2, 0.25) is 0 Å². The van der Waals surface area contributed by atoms with Crippen LogP contribution < -0.4 is 10.1 Å². The molecule has 22 heavy (non-hydrogen) atoms. The van der Waals surface area contributed by atoms with Gasteiger partial charge in [-0.15, -0.1) is 0 Å². The first-order chi connectivity index (χ1) is 10.6. The molecule has 0 unspecified atom stereocenters. The summed E-state index contributed by atoms with van der Waals surface area (Å²) < 4.78 is 10.8. The number of H-pyrrole nitrogens is 1. The van der Waals surface area contributed by atoms with Crippen LogP contribution in [0, 0.1) is 13.8 Å². The van der Waals surface area contributed by atoms with Crippen molar-refractivity contribution >= 4 is 16.9 Å².